The van der Waals surface area contributed by atoms with Crippen LogP contribution in [0.25, 0.3) is 0 Å². The van der Waals surface area contributed by atoms with E-state index in [4.69, 9.17) is 11.6 Å². The van der Waals surface area contributed by atoms with Crippen molar-refractivity contribution >= 4 is 33.2 Å². The smallest absolute Gasteiger partial charge is 0.0526 e. The van der Waals surface area contributed by atoms with Gasteiger partial charge in [-0.15, -0.1) is 0 Å². The lowest BCUT2D eigenvalue weighted by Gasteiger charge is -2.38. The molecule has 1 aromatic carbocycles. The van der Waals surface area contributed by atoms with Crippen molar-refractivity contribution < 1.29 is 0 Å². The summed E-state index contributed by atoms with van der Waals surface area (Å²) in [5, 5.41) is 4.47. The predicted octanol–water partition coefficient (Wildman–Crippen LogP) is 4.24. The van der Waals surface area contributed by atoms with Crippen LogP contribution in [-0.2, 0) is 0 Å². The number of anilines is 1. The van der Waals surface area contributed by atoms with E-state index in [1.165, 1.54) is 12.1 Å². The number of halogens is 2. The fraction of sp³-hybridized carbons (Fsp3) is 0.600. The number of nitrogens with zero attached hydrogens (tertiary/aromatic N) is 1. The van der Waals surface area contributed by atoms with E-state index in [0.29, 0.717) is 12.0 Å². The molecule has 0 saturated carbocycles. The van der Waals surface area contributed by atoms with Crippen molar-refractivity contribution in [3.63, 3.8) is 0 Å². The van der Waals surface area contributed by atoms with Crippen LogP contribution in [0, 0.1) is 12.8 Å². The SMILES string of the molecule is CCC(C)C1CN(c2cc(Cl)c(C)cc2Br)CCN1. The molecule has 1 fully saturated rings. The third-order valence-corrected chi connectivity index (χ3v) is 5.15. The van der Waals surface area contributed by atoms with Crippen molar-refractivity contribution in [1.29, 1.82) is 0 Å². The molecule has 0 radical (unpaired) electrons. The first kappa shape index (κ1) is 15.1. The van der Waals surface area contributed by atoms with E-state index in [0.717, 1.165) is 34.7 Å². The number of aryl methyl sites for hydroxylation is 1. The minimum Gasteiger partial charge on any atom is -0.368 e. The topological polar surface area (TPSA) is 15.3 Å². The van der Waals surface area contributed by atoms with Gasteiger partial charge >= 0.3 is 0 Å². The van der Waals surface area contributed by atoms with Gasteiger partial charge in [-0.05, 0) is 46.5 Å². The Morgan fingerprint density at radius 1 is 1.53 bits per heavy atom. The van der Waals surface area contributed by atoms with Gasteiger partial charge in [-0.1, -0.05) is 31.9 Å². The highest BCUT2D eigenvalue weighted by atomic mass is 79.9. The Morgan fingerprint density at radius 3 is 2.95 bits per heavy atom. The second-order valence-corrected chi connectivity index (χ2v) is 6.71. The van der Waals surface area contributed by atoms with Crippen molar-refractivity contribution in [2.75, 3.05) is 24.5 Å². The predicted molar refractivity (Wildman–Crippen MR) is 87.3 cm³/mol. The van der Waals surface area contributed by atoms with E-state index in [9.17, 15) is 0 Å². The summed E-state index contributed by atoms with van der Waals surface area (Å²) in [5.74, 6) is 0.697. The first-order valence-corrected chi connectivity index (χ1v) is 8.14. The normalized spacial score (nSPS) is 21.5. The minimum absolute atomic E-state index is 0.561. The van der Waals surface area contributed by atoms with Crippen molar-refractivity contribution in [2.24, 2.45) is 5.92 Å². The molecule has 1 saturated heterocycles. The van der Waals surface area contributed by atoms with Crippen LogP contribution in [0.2, 0.25) is 5.02 Å². The van der Waals surface area contributed by atoms with Crippen LogP contribution < -0.4 is 10.2 Å². The summed E-state index contributed by atoms with van der Waals surface area (Å²) in [6, 6.07) is 4.75. The third-order valence-electron chi connectivity index (χ3n) is 4.10. The Balaban J connectivity index is 2.19. The zero-order chi connectivity index (χ0) is 14.0. The molecule has 1 N–H and O–H groups in total. The largest absolute Gasteiger partial charge is 0.368 e. The van der Waals surface area contributed by atoms with Crippen LogP contribution in [0.1, 0.15) is 25.8 Å². The van der Waals surface area contributed by atoms with Crippen molar-refractivity contribution in [3.8, 4) is 0 Å². The molecule has 2 rings (SSSR count). The van der Waals surface area contributed by atoms with Crippen molar-refractivity contribution in [1.82, 2.24) is 5.32 Å². The molecule has 2 unspecified atom stereocenters. The molecule has 2 atom stereocenters. The molecule has 1 aromatic rings. The summed E-state index contributed by atoms with van der Waals surface area (Å²) in [4.78, 5) is 2.43. The summed E-state index contributed by atoms with van der Waals surface area (Å²) >= 11 is 9.94. The second kappa shape index (κ2) is 6.47. The Labute approximate surface area is 129 Å². The van der Waals surface area contributed by atoms with E-state index in [-0.39, 0.29) is 0 Å². The molecule has 0 aromatic heterocycles. The molecule has 0 spiro atoms. The molecular formula is C15H22BrClN2. The van der Waals surface area contributed by atoms with Gasteiger partial charge in [0.15, 0.2) is 0 Å². The van der Waals surface area contributed by atoms with E-state index >= 15 is 0 Å². The van der Waals surface area contributed by atoms with Gasteiger partial charge in [0.25, 0.3) is 0 Å². The lowest BCUT2D eigenvalue weighted by Crippen LogP contribution is -2.53. The van der Waals surface area contributed by atoms with Gasteiger partial charge < -0.3 is 10.2 Å². The lowest BCUT2D eigenvalue weighted by atomic mass is 9.97. The molecule has 0 bridgehead atoms. The Bertz CT molecular complexity index is 450. The second-order valence-electron chi connectivity index (χ2n) is 5.44. The molecular weight excluding hydrogens is 324 g/mol. The van der Waals surface area contributed by atoms with Gasteiger partial charge in [-0.3, -0.25) is 0 Å². The highest BCUT2D eigenvalue weighted by Gasteiger charge is 2.24. The molecule has 0 amide bonds. The highest BCUT2D eigenvalue weighted by Crippen LogP contribution is 2.33. The summed E-state index contributed by atoms with van der Waals surface area (Å²) in [7, 11) is 0. The highest BCUT2D eigenvalue weighted by molar-refractivity contribution is 9.10. The first-order valence-electron chi connectivity index (χ1n) is 6.97. The van der Waals surface area contributed by atoms with Gasteiger partial charge in [-0.25, -0.2) is 0 Å². The van der Waals surface area contributed by atoms with E-state index in [1.807, 2.05) is 6.92 Å². The summed E-state index contributed by atoms with van der Waals surface area (Å²) in [6.07, 6.45) is 1.21. The quantitative estimate of drug-likeness (QED) is 0.881. The van der Waals surface area contributed by atoms with Gasteiger partial charge in [0.1, 0.15) is 0 Å². The van der Waals surface area contributed by atoms with Gasteiger partial charge in [-0.2, -0.15) is 0 Å². The van der Waals surface area contributed by atoms with Crippen LogP contribution in [0.4, 0.5) is 5.69 Å². The van der Waals surface area contributed by atoms with Crippen LogP contribution in [0.15, 0.2) is 16.6 Å². The fourth-order valence-electron chi connectivity index (χ4n) is 2.54. The molecule has 1 aliphatic rings. The molecule has 2 nitrogen and oxygen atoms in total. The van der Waals surface area contributed by atoms with Gasteiger partial charge in [0, 0.05) is 35.2 Å². The maximum atomic E-state index is 6.27. The van der Waals surface area contributed by atoms with Gasteiger partial charge in [0.2, 0.25) is 0 Å². The average Bonchev–Trinajstić information content (AvgIpc) is 2.42. The third kappa shape index (κ3) is 3.45. The molecule has 106 valence electrons. The van der Waals surface area contributed by atoms with Gasteiger partial charge in [0.05, 0.1) is 5.69 Å². The molecule has 4 heteroatoms. The summed E-state index contributed by atoms with van der Waals surface area (Å²) in [5.41, 5.74) is 2.33. The number of piperazine rings is 1. The molecule has 1 aliphatic heterocycles. The minimum atomic E-state index is 0.561. The number of hydrogen-bond acceptors (Lipinski definition) is 2. The zero-order valence-corrected chi connectivity index (χ0v) is 14.2. The number of rotatable bonds is 3. The maximum Gasteiger partial charge on any atom is 0.0526 e. The Kier molecular flexibility index (Phi) is 5.15. The monoisotopic (exact) mass is 344 g/mol. The molecule has 1 heterocycles. The van der Waals surface area contributed by atoms with E-state index in [2.05, 4.69) is 52.1 Å². The lowest BCUT2D eigenvalue weighted by molar-refractivity contribution is 0.341. The first-order chi connectivity index (χ1) is 9.02. The molecule has 19 heavy (non-hydrogen) atoms. The van der Waals surface area contributed by atoms with Crippen LogP contribution in [0.5, 0.6) is 0 Å². The average molecular weight is 346 g/mol. The van der Waals surface area contributed by atoms with E-state index < -0.39 is 0 Å². The molecule has 0 aliphatic carbocycles. The van der Waals surface area contributed by atoms with Crippen molar-refractivity contribution in [3.05, 3.63) is 27.2 Å². The fourth-order valence-corrected chi connectivity index (χ4v) is 3.41. The number of hydrogen-bond donors (Lipinski definition) is 1. The maximum absolute atomic E-state index is 6.27. The number of nitrogens with one attached hydrogen (secondary N) is 1. The van der Waals surface area contributed by atoms with Crippen LogP contribution in [0.3, 0.4) is 0 Å². The van der Waals surface area contributed by atoms with E-state index in [1.54, 1.807) is 0 Å². The summed E-state index contributed by atoms with van der Waals surface area (Å²) < 4.78 is 1.14. The number of benzene rings is 1. The van der Waals surface area contributed by atoms with Crippen molar-refractivity contribution in [2.45, 2.75) is 33.2 Å². The standard InChI is InChI=1S/C15H22BrClN2/c1-4-10(2)14-9-19(6-5-18-14)15-8-13(17)11(3)7-12(15)16/h7-8,10,14,18H,4-6,9H2,1-3H3. The Morgan fingerprint density at radius 2 is 2.26 bits per heavy atom. The van der Waals surface area contributed by atoms with Crippen LogP contribution >= 0.6 is 27.5 Å². The summed E-state index contributed by atoms with van der Waals surface area (Å²) in [6.45, 7) is 9.73. The Hall–Kier alpha value is -0.250. The van der Waals surface area contributed by atoms with Crippen LogP contribution in [-0.4, -0.2) is 25.7 Å². The zero-order valence-electron chi connectivity index (χ0n) is 11.8.